The first-order chi connectivity index (χ1) is 14.6. The van der Waals surface area contributed by atoms with Crippen molar-refractivity contribution in [2.24, 2.45) is 0 Å². The molecule has 2 atom stereocenters. The Balaban J connectivity index is 1.58. The number of para-hydroxylation sites is 2. The number of aliphatic hydroxyl groups is 1. The van der Waals surface area contributed by atoms with Crippen LogP contribution in [0.15, 0.2) is 66.9 Å². The molecule has 0 amide bonds. The van der Waals surface area contributed by atoms with Gasteiger partial charge in [-0.05, 0) is 24.3 Å². The van der Waals surface area contributed by atoms with Crippen LogP contribution in [0, 0.1) is 6.92 Å². The summed E-state index contributed by atoms with van der Waals surface area (Å²) in [5.41, 5.74) is 1.00. The van der Waals surface area contributed by atoms with Gasteiger partial charge in [0.2, 0.25) is 0 Å². The Hall–Kier alpha value is -2.83. The van der Waals surface area contributed by atoms with Gasteiger partial charge in [0, 0.05) is 13.3 Å². The topological polar surface area (TPSA) is 70.6 Å². The van der Waals surface area contributed by atoms with Crippen LogP contribution < -0.4 is 19.1 Å². The third-order valence-corrected chi connectivity index (χ3v) is 4.89. The Morgan fingerprint density at radius 2 is 1.53 bits per heavy atom. The van der Waals surface area contributed by atoms with Crippen molar-refractivity contribution in [3.05, 3.63) is 78.4 Å². The summed E-state index contributed by atoms with van der Waals surface area (Å²) >= 11 is 0. The van der Waals surface area contributed by atoms with Crippen LogP contribution in [0.25, 0.3) is 0 Å². The number of aromatic nitrogens is 2. The van der Waals surface area contributed by atoms with Gasteiger partial charge in [0.1, 0.15) is 42.6 Å². The van der Waals surface area contributed by atoms with Crippen molar-refractivity contribution in [3.63, 3.8) is 0 Å². The second kappa shape index (κ2) is 10.8. The van der Waals surface area contributed by atoms with E-state index >= 15 is 0 Å². The number of benzene rings is 2. The lowest BCUT2D eigenvalue weighted by molar-refractivity contribution is -0.728. The van der Waals surface area contributed by atoms with Crippen LogP contribution in [0.4, 0.5) is 0 Å². The Labute approximate surface area is 177 Å². The monoisotopic (exact) mass is 410 g/mol. The lowest BCUT2D eigenvalue weighted by Gasteiger charge is -2.21. The van der Waals surface area contributed by atoms with Crippen molar-refractivity contribution in [3.8, 4) is 11.5 Å². The minimum absolute atomic E-state index is 0.109. The van der Waals surface area contributed by atoms with Gasteiger partial charge in [0.05, 0.1) is 13.2 Å². The summed E-state index contributed by atoms with van der Waals surface area (Å²) in [7, 11) is 0. The Kier molecular flexibility index (Phi) is 7.88. The maximum Gasteiger partial charge on any atom is 0.256 e. The van der Waals surface area contributed by atoms with Gasteiger partial charge in [0.25, 0.3) is 5.82 Å². The number of rotatable bonds is 11. The molecule has 3 aromatic rings. The van der Waals surface area contributed by atoms with Gasteiger partial charge in [0.15, 0.2) is 0 Å². The number of hydrogen-bond acceptors (Lipinski definition) is 4. The summed E-state index contributed by atoms with van der Waals surface area (Å²) in [5, 5.41) is 23.0. The smallest absolute Gasteiger partial charge is 0.256 e. The predicted molar refractivity (Wildman–Crippen MR) is 112 cm³/mol. The van der Waals surface area contributed by atoms with Crippen LogP contribution in [0.5, 0.6) is 11.5 Å². The summed E-state index contributed by atoms with van der Waals surface area (Å²) < 4.78 is 15.3. The summed E-state index contributed by atoms with van der Waals surface area (Å²) in [4.78, 5) is 0. The first-order valence-electron chi connectivity index (χ1n) is 10.3. The van der Waals surface area contributed by atoms with Crippen LogP contribution in [-0.4, -0.2) is 35.1 Å². The van der Waals surface area contributed by atoms with E-state index in [4.69, 9.17) is 9.47 Å². The molecule has 0 saturated heterocycles. The van der Waals surface area contributed by atoms with E-state index in [1.807, 2.05) is 78.4 Å². The molecule has 2 unspecified atom stereocenters. The summed E-state index contributed by atoms with van der Waals surface area (Å²) in [6, 6.07) is 18.8. The number of ether oxygens (including phenoxy) is 2. The van der Waals surface area contributed by atoms with E-state index in [1.54, 1.807) is 0 Å². The highest BCUT2D eigenvalue weighted by Gasteiger charge is 2.22. The van der Waals surface area contributed by atoms with Gasteiger partial charge in [-0.25, -0.2) is 9.13 Å². The fraction of sp³-hybridized carbons (Fsp3) is 0.375. The Morgan fingerprint density at radius 1 is 0.967 bits per heavy atom. The van der Waals surface area contributed by atoms with Crippen molar-refractivity contribution < 1.29 is 24.3 Å². The lowest BCUT2D eigenvalue weighted by Crippen LogP contribution is -2.49. The zero-order valence-electron chi connectivity index (χ0n) is 17.6. The zero-order chi connectivity index (χ0) is 21.3. The molecule has 6 heteroatoms. The first kappa shape index (κ1) is 21.9. The molecule has 6 nitrogen and oxygen atoms in total. The second-order valence-corrected chi connectivity index (χ2v) is 7.33. The van der Waals surface area contributed by atoms with E-state index < -0.39 is 12.2 Å². The molecule has 1 aromatic heterocycles. The molecule has 30 heavy (non-hydrogen) atoms. The minimum Gasteiger partial charge on any atom is -0.847 e. The fourth-order valence-electron chi connectivity index (χ4n) is 3.48. The highest BCUT2D eigenvalue weighted by molar-refractivity contribution is 5.21. The molecule has 1 N–H and O–H groups in total. The van der Waals surface area contributed by atoms with Crippen molar-refractivity contribution in [2.45, 2.75) is 45.6 Å². The van der Waals surface area contributed by atoms with Crippen LogP contribution in [0.2, 0.25) is 0 Å². The molecule has 1 heterocycles. The standard InChI is InChI=1S/C24H30N2O4/c1-3-24-25(15-20(27)17-29-22-10-6-4-7-11-22)14-19(2)26(24)16-21(28)18-30-23-12-8-5-9-13-23/h4-14,20-21,28H,3,15-18H2,1-2H3. The molecule has 0 saturated carbocycles. The Morgan fingerprint density at radius 3 is 2.10 bits per heavy atom. The minimum atomic E-state index is -0.887. The molecular formula is C24H30N2O4. The lowest BCUT2D eigenvalue weighted by atomic mass is 10.3. The SMILES string of the molecule is CCc1n(CC(O)COc2ccccc2)c(C)c[n+]1CC([O-])COc1ccccc1. The van der Waals surface area contributed by atoms with Crippen molar-refractivity contribution in [2.75, 3.05) is 13.2 Å². The summed E-state index contributed by atoms with van der Waals surface area (Å²) in [6.45, 7) is 5.09. The van der Waals surface area contributed by atoms with Gasteiger partial charge >= 0.3 is 0 Å². The molecule has 3 rings (SSSR count). The molecule has 0 radical (unpaired) electrons. The van der Waals surface area contributed by atoms with E-state index in [0.29, 0.717) is 18.8 Å². The van der Waals surface area contributed by atoms with Crippen LogP contribution in [-0.2, 0) is 19.5 Å². The van der Waals surface area contributed by atoms with Crippen LogP contribution >= 0.6 is 0 Å². The number of aryl methyl sites for hydroxylation is 1. The van der Waals surface area contributed by atoms with E-state index in [1.165, 1.54) is 0 Å². The molecule has 160 valence electrons. The van der Waals surface area contributed by atoms with Gasteiger partial charge in [-0.3, -0.25) is 0 Å². The highest BCUT2D eigenvalue weighted by Crippen LogP contribution is 2.11. The van der Waals surface area contributed by atoms with Gasteiger partial charge < -0.3 is 19.7 Å². The predicted octanol–water partition coefficient (Wildman–Crippen LogP) is 1.89. The average molecular weight is 411 g/mol. The zero-order valence-corrected chi connectivity index (χ0v) is 17.6. The van der Waals surface area contributed by atoms with Crippen molar-refractivity contribution in [1.29, 1.82) is 0 Å². The van der Waals surface area contributed by atoms with Crippen molar-refractivity contribution in [1.82, 2.24) is 4.57 Å². The molecule has 0 spiro atoms. The quantitative estimate of drug-likeness (QED) is 0.490. The highest BCUT2D eigenvalue weighted by atomic mass is 16.5. The molecule has 0 aliphatic rings. The largest absolute Gasteiger partial charge is 0.847 e. The number of aliphatic hydroxyl groups excluding tert-OH is 1. The number of hydrogen-bond donors (Lipinski definition) is 1. The third kappa shape index (κ3) is 6.08. The van der Waals surface area contributed by atoms with Gasteiger partial charge in [-0.1, -0.05) is 49.4 Å². The molecule has 0 fully saturated rings. The van der Waals surface area contributed by atoms with E-state index in [-0.39, 0.29) is 13.2 Å². The van der Waals surface area contributed by atoms with Gasteiger partial charge in [-0.2, -0.15) is 0 Å². The van der Waals surface area contributed by atoms with Crippen LogP contribution in [0.1, 0.15) is 18.4 Å². The molecule has 0 bridgehead atoms. The first-order valence-corrected chi connectivity index (χ1v) is 10.3. The van der Waals surface area contributed by atoms with Crippen molar-refractivity contribution >= 4 is 0 Å². The van der Waals surface area contributed by atoms with Crippen LogP contribution in [0.3, 0.4) is 0 Å². The average Bonchev–Trinajstić information content (AvgIpc) is 3.06. The summed E-state index contributed by atoms with van der Waals surface area (Å²) in [5.74, 6) is 2.44. The van der Waals surface area contributed by atoms with Gasteiger partial charge in [-0.15, -0.1) is 0 Å². The maximum absolute atomic E-state index is 12.5. The second-order valence-electron chi connectivity index (χ2n) is 7.33. The third-order valence-electron chi connectivity index (χ3n) is 4.89. The molecular weight excluding hydrogens is 380 g/mol. The van der Waals surface area contributed by atoms with E-state index in [0.717, 1.165) is 23.7 Å². The maximum atomic E-state index is 12.5. The Bertz CT molecular complexity index is 896. The summed E-state index contributed by atoms with van der Waals surface area (Å²) in [6.07, 6.45) is 1.19. The molecule has 2 aromatic carbocycles. The fourth-order valence-corrected chi connectivity index (χ4v) is 3.48. The van der Waals surface area contributed by atoms with E-state index in [2.05, 4.69) is 11.5 Å². The number of nitrogens with zero attached hydrogens (tertiary/aromatic N) is 2. The molecule has 0 aliphatic heterocycles. The molecule has 0 aliphatic carbocycles. The van der Waals surface area contributed by atoms with E-state index in [9.17, 15) is 10.2 Å². The normalized spacial score (nSPS) is 13.1. The number of imidazole rings is 1.